The van der Waals surface area contributed by atoms with Crippen LogP contribution in [0.25, 0.3) is 0 Å². The van der Waals surface area contributed by atoms with Crippen molar-refractivity contribution >= 4 is 0 Å². The fraction of sp³-hybridized carbons (Fsp3) is 0.692. The molecule has 3 heteroatoms. The van der Waals surface area contributed by atoms with Crippen molar-refractivity contribution in [2.24, 2.45) is 0 Å². The molecule has 3 nitrogen and oxygen atoms in total. The first-order chi connectivity index (χ1) is 7.83. The largest absolute Gasteiger partial charge is 0.468 e. The van der Waals surface area contributed by atoms with E-state index in [-0.39, 0.29) is 0 Å². The van der Waals surface area contributed by atoms with E-state index in [2.05, 4.69) is 30.3 Å². The molecule has 2 heterocycles. The summed E-state index contributed by atoms with van der Waals surface area (Å²) in [5.74, 6) is 1.09. The third-order valence-electron chi connectivity index (χ3n) is 3.60. The Morgan fingerprint density at radius 3 is 3.06 bits per heavy atom. The Morgan fingerprint density at radius 2 is 2.50 bits per heavy atom. The van der Waals surface area contributed by atoms with Gasteiger partial charge in [0.25, 0.3) is 0 Å². The van der Waals surface area contributed by atoms with Crippen molar-refractivity contribution in [1.29, 1.82) is 0 Å². The summed E-state index contributed by atoms with van der Waals surface area (Å²) in [6.45, 7) is 4.50. The van der Waals surface area contributed by atoms with Crippen LogP contribution in [0, 0.1) is 0 Å². The average Bonchev–Trinajstić information content (AvgIpc) is 2.85. The number of hydrogen-bond acceptors (Lipinski definition) is 3. The molecule has 0 saturated carbocycles. The van der Waals surface area contributed by atoms with Gasteiger partial charge in [0.1, 0.15) is 5.76 Å². The standard InChI is InChI=1S/C13H22N2O/c1-3-12(13-7-5-9-16-13)15(2)11-6-4-8-14-10-11/h5,7,9,11-12,14H,3-4,6,8,10H2,1-2H3. The van der Waals surface area contributed by atoms with Crippen molar-refractivity contribution in [3.63, 3.8) is 0 Å². The molecule has 0 bridgehead atoms. The Hall–Kier alpha value is -0.800. The number of nitrogens with one attached hydrogen (secondary N) is 1. The fourth-order valence-electron chi connectivity index (χ4n) is 2.61. The lowest BCUT2D eigenvalue weighted by molar-refractivity contribution is 0.127. The van der Waals surface area contributed by atoms with Gasteiger partial charge in [-0.3, -0.25) is 4.90 Å². The molecule has 1 aromatic rings. The second kappa shape index (κ2) is 5.51. The molecule has 0 aliphatic carbocycles. The van der Waals surface area contributed by atoms with E-state index in [0.29, 0.717) is 12.1 Å². The third kappa shape index (κ3) is 2.47. The molecular weight excluding hydrogens is 200 g/mol. The van der Waals surface area contributed by atoms with E-state index < -0.39 is 0 Å². The lowest BCUT2D eigenvalue weighted by Gasteiger charge is -2.36. The zero-order chi connectivity index (χ0) is 11.4. The first kappa shape index (κ1) is 11.7. The highest BCUT2D eigenvalue weighted by atomic mass is 16.3. The Labute approximate surface area is 97.8 Å². The SMILES string of the molecule is CCC(c1ccco1)N(C)C1CCCNC1. The van der Waals surface area contributed by atoms with Crippen LogP contribution in [0.3, 0.4) is 0 Å². The first-order valence-corrected chi connectivity index (χ1v) is 6.29. The molecule has 1 aliphatic rings. The lowest BCUT2D eigenvalue weighted by atomic mass is 10.0. The van der Waals surface area contributed by atoms with Gasteiger partial charge < -0.3 is 9.73 Å². The van der Waals surface area contributed by atoms with Gasteiger partial charge in [-0.25, -0.2) is 0 Å². The summed E-state index contributed by atoms with van der Waals surface area (Å²) >= 11 is 0. The van der Waals surface area contributed by atoms with Crippen LogP contribution in [0.4, 0.5) is 0 Å². The number of likely N-dealkylation sites (N-methyl/N-ethyl adjacent to an activating group) is 1. The summed E-state index contributed by atoms with van der Waals surface area (Å²) in [5, 5.41) is 3.47. The highest BCUT2D eigenvalue weighted by Crippen LogP contribution is 2.26. The summed E-state index contributed by atoms with van der Waals surface area (Å²) in [6, 6.07) is 5.12. The van der Waals surface area contributed by atoms with Crippen LogP contribution in [0.5, 0.6) is 0 Å². The minimum Gasteiger partial charge on any atom is -0.468 e. The van der Waals surface area contributed by atoms with Crippen LogP contribution in [0.1, 0.15) is 38.0 Å². The van der Waals surface area contributed by atoms with Crippen molar-refractivity contribution < 1.29 is 4.42 Å². The number of rotatable bonds is 4. The number of piperidine rings is 1. The molecule has 0 spiro atoms. The van der Waals surface area contributed by atoms with Gasteiger partial charge in [0.2, 0.25) is 0 Å². The average molecular weight is 222 g/mol. The molecule has 16 heavy (non-hydrogen) atoms. The van der Waals surface area contributed by atoms with Gasteiger partial charge >= 0.3 is 0 Å². The van der Waals surface area contributed by atoms with Crippen molar-refractivity contribution in [3.8, 4) is 0 Å². The normalized spacial score (nSPS) is 23.6. The maximum atomic E-state index is 5.54. The van der Waals surface area contributed by atoms with E-state index in [1.165, 1.54) is 19.4 Å². The fourth-order valence-corrected chi connectivity index (χ4v) is 2.61. The van der Waals surface area contributed by atoms with E-state index in [1.54, 1.807) is 6.26 Å². The molecule has 2 rings (SSSR count). The molecule has 0 amide bonds. The first-order valence-electron chi connectivity index (χ1n) is 6.29. The highest BCUT2D eigenvalue weighted by molar-refractivity contribution is 5.05. The van der Waals surface area contributed by atoms with Crippen molar-refractivity contribution in [2.75, 3.05) is 20.1 Å². The smallest absolute Gasteiger partial charge is 0.120 e. The van der Waals surface area contributed by atoms with E-state index in [4.69, 9.17) is 4.42 Å². The zero-order valence-electron chi connectivity index (χ0n) is 10.3. The summed E-state index contributed by atoms with van der Waals surface area (Å²) in [7, 11) is 2.22. The summed E-state index contributed by atoms with van der Waals surface area (Å²) < 4.78 is 5.54. The van der Waals surface area contributed by atoms with Gasteiger partial charge in [0.05, 0.1) is 12.3 Å². The maximum absolute atomic E-state index is 5.54. The van der Waals surface area contributed by atoms with Crippen LogP contribution < -0.4 is 5.32 Å². The van der Waals surface area contributed by atoms with Crippen molar-refractivity contribution in [3.05, 3.63) is 24.2 Å². The Morgan fingerprint density at radius 1 is 1.62 bits per heavy atom. The Kier molecular flexibility index (Phi) is 4.02. The molecule has 90 valence electrons. The predicted molar refractivity (Wildman–Crippen MR) is 65.4 cm³/mol. The molecule has 2 unspecified atom stereocenters. The molecule has 0 aromatic carbocycles. The Bertz CT molecular complexity index is 291. The van der Waals surface area contributed by atoms with Crippen molar-refractivity contribution in [1.82, 2.24) is 10.2 Å². The summed E-state index contributed by atoms with van der Waals surface area (Å²) in [4.78, 5) is 2.46. The highest BCUT2D eigenvalue weighted by Gasteiger charge is 2.25. The van der Waals surface area contributed by atoms with E-state index in [1.807, 2.05) is 6.07 Å². The number of hydrogen-bond donors (Lipinski definition) is 1. The van der Waals surface area contributed by atoms with Gasteiger partial charge in [-0.05, 0) is 45.0 Å². The monoisotopic (exact) mass is 222 g/mol. The molecule has 1 saturated heterocycles. The lowest BCUT2D eigenvalue weighted by Crippen LogP contribution is -2.45. The summed E-state index contributed by atoms with van der Waals surface area (Å²) in [6.07, 6.45) is 5.44. The molecule has 2 atom stereocenters. The van der Waals surface area contributed by atoms with E-state index in [0.717, 1.165) is 18.7 Å². The van der Waals surface area contributed by atoms with Crippen molar-refractivity contribution in [2.45, 2.75) is 38.3 Å². The van der Waals surface area contributed by atoms with Gasteiger partial charge in [-0.15, -0.1) is 0 Å². The van der Waals surface area contributed by atoms with Crippen LogP contribution in [-0.4, -0.2) is 31.1 Å². The minimum atomic E-state index is 0.417. The van der Waals surface area contributed by atoms with Crippen LogP contribution in [-0.2, 0) is 0 Å². The predicted octanol–water partition coefficient (Wildman–Crippen LogP) is 2.41. The third-order valence-corrected chi connectivity index (χ3v) is 3.60. The van der Waals surface area contributed by atoms with Gasteiger partial charge in [-0.2, -0.15) is 0 Å². The van der Waals surface area contributed by atoms with E-state index >= 15 is 0 Å². The van der Waals surface area contributed by atoms with Gasteiger partial charge in [-0.1, -0.05) is 6.92 Å². The van der Waals surface area contributed by atoms with Crippen LogP contribution >= 0.6 is 0 Å². The molecule has 1 aliphatic heterocycles. The topological polar surface area (TPSA) is 28.4 Å². The van der Waals surface area contributed by atoms with Crippen LogP contribution in [0.2, 0.25) is 0 Å². The van der Waals surface area contributed by atoms with E-state index in [9.17, 15) is 0 Å². The molecule has 1 N–H and O–H groups in total. The maximum Gasteiger partial charge on any atom is 0.120 e. The van der Waals surface area contributed by atoms with Crippen LogP contribution in [0.15, 0.2) is 22.8 Å². The zero-order valence-corrected chi connectivity index (χ0v) is 10.3. The molecular formula is C13H22N2O. The molecule has 1 aromatic heterocycles. The van der Waals surface area contributed by atoms with Gasteiger partial charge in [0, 0.05) is 12.6 Å². The second-order valence-electron chi connectivity index (χ2n) is 4.61. The quantitative estimate of drug-likeness (QED) is 0.848. The molecule has 0 radical (unpaired) electrons. The number of nitrogens with zero attached hydrogens (tertiary/aromatic N) is 1. The summed E-state index contributed by atoms with van der Waals surface area (Å²) in [5.41, 5.74) is 0. The molecule has 1 fully saturated rings. The second-order valence-corrected chi connectivity index (χ2v) is 4.61. The Balaban J connectivity index is 2.02. The minimum absolute atomic E-state index is 0.417. The van der Waals surface area contributed by atoms with Gasteiger partial charge in [0.15, 0.2) is 0 Å². The number of furan rings is 1.